The summed E-state index contributed by atoms with van der Waals surface area (Å²) in [7, 11) is 0. The molecule has 2 aliphatic rings. The maximum atomic E-state index is 9.18. The molecule has 0 saturated carbocycles. The highest BCUT2D eigenvalue weighted by Gasteiger charge is 2.40. The van der Waals surface area contributed by atoms with Crippen molar-refractivity contribution in [3.05, 3.63) is 103 Å². The molecule has 150 valence electrons. The summed E-state index contributed by atoms with van der Waals surface area (Å²) in [6, 6.07) is 35.5. The minimum Gasteiger partial charge on any atom is -0.310 e. The number of hydrogen-bond donors (Lipinski definition) is 0. The van der Waals surface area contributed by atoms with Gasteiger partial charge >= 0.3 is 0 Å². The van der Waals surface area contributed by atoms with Gasteiger partial charge in [0, 0.05) is 38.4 Å². The molecule has 0 radical (unpaired) electrons. The fraction of sp³-hybridized carbons (Fsp3) is 0. The van der Waals surface area contributed by atoms with Crippen molar-refractivity contribution in [2.45, 2.75) is 0 Å². The fourth-order valence-electron chi connectivity index (χ4n) is 6.64. The van der Waals surface area contributed by atoms with Crippen molar-refractivity contribution in [1.82, 2.24) is 9.13 Å². The van der Waals surface area contributed by atoms with Gasteiger partial charge < -0.3 is 9.13 Å². The Morgan fingerprint density at radius 3 is 2.00 bits per heavy atom. The first-order valence-electron chi connectivity index (χ1n) is 12.0. The molecule has 33 heavy (non-hydrogen) atoms. The molecule has 0 fully saturated rings. The molecule has 3 heteroatoms. The van der Waals surface area contributed by atoms with E-state index in [9.17, 15) is 1.37 Å². The van der Waals surface area contributed by atoms with E-state index in [0.717, 1.165) is 16.5 Å². The maximum absolute atomic E-state index is 9.18. The van der Waals surface area contributed by atoms with Crippen molar-refractivity contribution in [2.75, 3.05) is 0 Å². The number of nitrogens with zero attached hydrogens (tertiary/aromatic N) is 2. The van der Waals surface area contributed by atoms with Crippen molar-refractivity contribution in [2.24, 2.45) is 0 Å². The second kappa shape index (κ2) is 5.39. The molecule has 0 atom stereocenters. The molecule has 0 aliphatic carbocycles. The number of benzene rings is 5. The van der Waals surface area contributed by atoms with E-state index in [0.29, 0.717) is 6.04 Å². The molecule has 9 rings (SSSR count). The Kier molecular flexibility index (Phi) is 2.54. The third-order valence-electron chi connectivity index (χ3n) is 7.81. The van der Waals surface area contributed by atoms with Crippen LogP contribution in [0.25, 0.3) is 55.0 Å². The normalized spacial score (nSPS) is 13.8. The van der Waals surface area contributed by atoms with Crippen molar-refractivity contribution < 1.29 is 1.37 Å². The van der Waals surface area contributed by atoms with Gasteiger partial charge in [0.25, 0.3) is 6.71 Å². The van der Waals surface area contributed by atoms with Crippen molar-refractivity contribution >= 4 is 66.7 Å². The second-order valence-corrected chi connectivity index (χ2v) is 9.25. The Bertz CT molecular complexity index is 2050. The van der Waals surface area contributed by atoms with Gasteiger partial charge in [0.15, 0.2) is 0 Å². The Labute approximate surface area is 191 Å². The second-order valence-electron chi connectivity index (χ2n) is 9.25. The van der Waals surface area contributed by atoms with Crippen LogP contribution in [0.3, 0.4) is 0 Å². The van der Waals surface area contributed by atoms with E-state index >= 15 is 0 Å². The van der Waals surface area contributed by atoms with Gasteiger partial charge in [0.05, 0.1) is 17.9 Å². The third-order valence-corrected chi connectivity index (χ3v) is 7.81. The summed E-state index contributed by atoms with van der Waals surface area (Å²) in [5, 5.41) is 4.77. The van der Waals surface area contributed by atoms with E-state index in [1.54, 1.807) is 0 Å². The van der Waals surface area contributed by atoms with E-state index in [2.05, 4.69) is 106 Å². The van der Waals surface area contributed by atoms with Crippen molar-refractivity contribution in [3.8, 4) is 11.4 Å². The van der Waals surface area contributed by atoms with E-state index in [1.165, 1.54) is 54.9 Å². The smallest absolute Gasteiger partial charge is 0.252 e. The van der Waals surface area contributed by atoms with Crippen LogP contribution in [0, 0.1) is 0 Å². The molecule has 0 amide bonds. The highest BCUT2D eigenvalue weighted by molar-refractivity contribution is 7.00. The van der Waals surface area contributed by atoms with E-state index in [4.69, 9.17) is 0 Å². The molecule has 0 N–H and O–H groups in total. The molecule has 0 bridgehead atoms. The summed E-state index contributed by atoms with van der Waals surface area (Å²) in [6.45, 7) is 0.145. The number of hydrogen-bond acceptors (Lipinski definition) is 0. The summed E-state index contributed by atoms with van der Waals surface area (Å²) in [5.74, 6) is 0. The summed E-state index contributed by atoms with van der Waals surface area (Å²) in [6.07, 6.45) is 0. The zero-order chi connectivity index (χ0) is 22.1. The lowest BCUT2D eigenvalue weighted by Crippen LogP contribution is -2.59. The van der Waals surface area contributed by atoms with E-state index in [1.807, 2.05) is 0 Å². The van der Waals surface area contributed by atoms with Crippen LogP contribution in [0.4, 0.5) is 0 Å². The van der Waals surface area contributed by atoms with Gasteiger partial charge in [0.1, 0.15) is 0 Å². The van der Waals surface area contributed by atoms with Gasteiger partial charge in [-0.15, -0.1) is 0 Å². The zero-order valence-electron chi connectivity index (χ0n) is 18.7. The van der Waals surface area contributed by atoms with Crippen molar-refractivity contribution in [1.29, 1.82) is 0 Å². The molecule has 2 aliphatic heterocycles. The van der Waals surface area contributed by atoms with Crippen LogP contribution in [0.1, 0.15) is 1.37 Å². The van der Waals surface area contributed by atoms with E-state index < -0.39 is 0 Å². The van der Waals surface area contributed by atoms with Crippen LogP contribution in [-0.2, 0) is 0 Å². The first kappa shape index (κ1) is 15.5. The average Bonchev–Trinajstić information content (AvgIpc) is 3.41. The molecule has 5 aromatic carbocycles. The lowest BCUT2D eigenvalue weighted by atomic mass is 9.34. The molecule has 7 aromatic rings. The Morgan fingerprint density at radius 2 is 1.15 bits per heavy atom. The topological polar surface area (TPSA) is 9.86 Å². The maximum Gasteiger partial charge on any atom is 0.252 e. The molecule has 0 spiro atoms. The Morgan fingerprint density at radius 1 is 0.515 bits per heavy atom. The van der Waals surface area contributed by atoms with E-state index in [-0.39, 0.29) is 6.71 Å². The number of rotatable bonds is 0. The SMILES string of the molecule is [2H]c1cc2c3c4c1c1ccccc1n4-c1ccccc1B3c1cccc3c4ccccc4n-2c13. The molecule has 4 heterocycles. The molecule has 2 nitrogen and oxygen atoms in total. The molecule has 0 saturated heterocycles. The van der Waals surface area contributed by atoms with Crippen molar-refractivity contribution in [3.63, 3.8) is 0 Å². The van der Waals surface area contributed by atoms with Gasteiger partial charge in [-0.1, -0.05) is 78.8 Å². The molecule has 0 unspecified atom stereocenters. The Hall–Kier alpha value is -4.24. The lowest BCUT2D eigenvalue weighted by Gasteiger charge is -2.33. The predicted molar refractivity (Wildman–Crippen MR) is 140 cm³/mol. The minimum atomic E-state index is 0.145. The zero-order valence-corrected chi connectivity index (χ0v) is 17.7. The van der Waals surface area contributed by atoms with Crippen LogP contribution in [0.15, 0.2) is 103 Å². The fourth-order valence-corrected chi connectivity index (χ4v) is 6.64. The first-order valence-corrected chi connectivity index (χ1v) is 11.5. The largest absolute Gasteiger partial charge is 0.310 e. The standard InChI is InChI=1S/C30H17BN2/c1-5-14-25-18(8-1)20-10-7-12-23-29(20)33(25)27-17-16-21-19-9-2-4-13-24(19)32-26-15-6-3-11-22(26)31(23)28(27)30(21)32/h1-17H/i16D. The van der Waals surface area contributed by atoms with Crippen LogP contribution >= 0.6 is 0 Å². The summed E-state index contributed by atoms with van der Waals surface area (Å²) in [4.78, 5) is 0. The van der Waals surface area contributed by atoms with Gasteiger partial charge in [-0.05, 0) is 40.7 Å². The third kappa shape index (κ3) is 1.71. The molecular weight excluding hydrogens is 399 g/mol. The highest BCUT2D eigenvalue weighted by atomic mass is 15.0. The van der Waals surface area contributed by atoms with Crippen LogP contribution in [0.2, 0.25) is 0 Å². The summed E-state index contributed by atoms with van der Waals surface area (Å²) >= 11 is 0. The quantitative estimate of drug-likeness (QED) is 0.307. The number of para-hydroxylation sites is 4. The lowest BCUT2D eigenvalue weighted by molar-refractivity contribution is 1.16. The van der Waals surface area contributed by atoms with Crippen LogP contribution in [-0.4, -0.2) is 15.8 Å². The summed E-state index contributed by atoms with van der Waals surface area (Å²) in [5.41, 5.74) is 11.2. The van der Waals surface area contributed by atoms with Gasteiger partial charge in [-0.2, -0.15) is 0 Å². The van der Waals surface area contributed by atoms with Crippen LogP contribution < -0.4 is 16.4 Å². The molecule has 2 aromatic heterocycles. The highest BCUT2D eigenvalue weighted by Crippen LogP contribution is 2.39. The minimum absolute atomic E-state index is 0.145. The summed E-state index contributed by atoms with van der Waals surface area (Å²) < 4.78 is 14.0. The van der Waals surface area contributed by atoms with Gasteiger partial charge in [-0.3, -0.25) is 0 Å². The predicted octanol–water partition coefficient (Wildman–Crippen LogP) is 5.02. The first-order chi connectivity index (χ1) is 16.8. The Balaban J connectivity index is 1.64. The van der Waals surface area contributed by atoms with Gasteiger partial charge in [-0.25, -0.2) is 0 Å². The number of aromatic nitrogens is 2. The molecular formula is C30H17BN2. The average molecular weight is 417 g/mol. The van der Waals surface area contributed by atoms with Gasteiger partial charge in [0.2, 0.25) is 0 Å². The number of fused-ring (bicyclic) bond motifs is 11. The van der Waals surface area contributed by atoms with Crippen LogP contribution in [0.5, 0.6) is 0 Å². The monoisotopic (exact) mass is 417 g/mol.